The number of aromatic nitrogens is 2. The minimum Gasteiger partial charge on any atom is -0.405 e. The Hall–Kier alpha value is -2.88. The molecule has 0 fully saturated rings. The Morgan fingerprint density at radius 2 is 2.00 bits per heavy atom. The number of rotatable bonds is 4. The van der Waals surface area contributed by atoms with Gasteiger partial charge in [-0.15, -0.1) is 24.5 Å². The Morgan fingerprint density at radius 3 is 2.75 bits per heavy atom. The van der Waals surface area contributed by atoms with E-state index in [0.717, 1.165) is 42.8 Å². The van der Waals surface area contributed by atoms with E-state index >= 15 is 0 Å². The highest BCUT2D eigenvalue weighted by atomic mass is 32.1. The molecular weight excluding hydrogens is 443 g/mol. The molecule has 0 bridgehead atoms. The van der Waals surface area contributed by atoms with Crippen LogP contribution >= 0.6 is 11.3 Å². The van der Waals surface area contributed by atoms with Gasteiger partial charge in [0.25, 0.3) is 11.5 Å². The molecule has 10 heteroatoms. The molecule has 2 aromatic heterocycles. The van der Waals surface area contributed by atoms with E-state index in [1.54, 1.807) is 17.6 Å². The number of halogens is 3. The van der Waals surface area contributed by atoms with Crippen molar-refractivity contribution in [3.63, 3.8) is 0 Å². The minimum atomic E-state index is -4.83. The lowest BCUT2D eigenvalue weighted by Crippen LogP contribution is -2.27. The van der Waals surface area contributed by atoms with Crippen molar-refractivity contribution in [2.75, 3.05) is 7.05 Å². The van der Waals surface area contributed by atoms with Gasteiger partial charge in [0.15, 0.2) is 0 Å². The van der Waals surface area contributed by atoms with Gasteiger partial charge in [-0.1, -0.05) is 24.6 Å². The van der Waals surface area contributed by atoms with Crippen LogP contribution in [0.25, 0.3) is 10.2 Å². The lowest BCUT2D eigenvalue weighted by molar-refractivity contribution is -0.275. The van der Waals surface area contributed by atoms with Gasteiger partial charge < -0.3 is 9.64 Å². The monoisotopic (exact) mass is 465 g/mol. The topological polar surface area (TPSA) is 64.4 Å². The lowest BCUT2D eigenvalue weighted by atomic mass is 10.1. The van der Waals surface area contributed by atoms with Gasteiger partial charge in [-0.05, 0) is 31.4 Å². The highest BCUT2D eigenvalue weighted by Crippen LogP contribution is 2.31. The third-order valence-corrected chi connectivity index (χ3v) is 6.73. The summed E-state index contributed by atoms with van der Waals surface area (Å²) in [4.78, 5) is 33.1. The Labute approximate surface area is 186 Å². The summed E-state index contributed by atoms with van der Waals surface area (Å²) >= 11 is 1.15. The number of hydrogen-bond acceptors (Lipinski definition) is 5. The van der Waals surface area contributed by atoms with Crippen LogP contribution in [-0.4, -0.2) is 33.8 Å². The molecule has 1 amide bonds. The number of carbonyl (C=O) groups is 1. The fourth-order valence-corrected chi connectivity index (χ4v) is 5.16. The van der Waals surface area contributed by atoms with Crippen LogP contribution in [0.15, 0.2) is 29.1 Å². The predicted molar refractivity (Wildman–Crippen MR) is 115 cm³/mol. The summed E-state index contributed by atoms with van der Waals surface area (Å²) in [5.41, 5.74) is 0.648. The van der Waals surface area contributed by atoms with Crippen LogP contribution in [0.2, 0.25) is 0 Å². The molecule has 0 radical (unpaired) electrons. The number of aryl methyl sites for hydroxylation is 2. The number of para-hydroxylation sites is 1. The molecule has 1 aromatic carbocycles. The van der Waals surface area contributed by atoms with Crippen LogP contribution in [0, 0.1) is 6.92 Å². The van der Waals surface area contributed by atoms with E-state index < -0.39 is 6.36 Å². The molecule has 0 saturated carbocycles. The molecule has 32 heavy (non-hydrogen) atoms. The van der Waals surface area contributed by atoms with Gasteiger partial charge in [0.2, 0.25) is 0 Å². The summed E-state index contributed by atoms with van der Waals surface area (Å²) in [6.45, 7) is 2.25. The van der Waals surface area contributed by atoms with E-state index in [1.165, 1.54) is 30.1 Å². The van der Waals surface area contributed by atoms with Crippen molar-refractivity contribution < 1.29 is 22.7 Å². The van der Waals surface area contributed by atoms with Crippen LogP contribution in [-0.2, 0) is 19.5 Å². The molecule has 4 rings (SSSR count). The first kappa shape index (κ1) is 22.3. The number of carbonyl (C=O) groups excluding carboxylic acids is 1. The molecule has 0 spiro atoms. The number of amides is 1. The zero-order valence-electron chi connectivity index (χ0n) is 17.7. The zero-order chi connectivity index (χ0) is 23.0. The van der Waals surface area contributed by atoms with E-state index in [9.17, 15) is 22.8 Å². The second-order valence-electron chi connectivity index (χ2n) is 7.85. The zero-order valence-corrected chi connectivity index (χ0v) is 18.5. The van der Waals surface area contributed by atoms with Crippen molar-refractivity contribution in [1.29, 1.82) is 0 Å². The normalized spacial score (nSPS) is 14.2. The van der Waals surface area contributed by atoms with Gasteiger partial charge in [0.05, 0.1) is 10.3 Å². The average Bonchev–Trinajstić information content (AvgIpc) is 2.89. The Bertz CT molecular complexity index is 1230. The van der Waals surface area contributed by atoms with Gasteiger partial charge >= 0.3 is 6.36 Å². The van der Waals surface area contributed by atoms with Gasteiger partial charge in [-0.3, -0.25) is 14.2 Å². The van der Waals surface area contributed by atoms with Crippen molar-refractivity contribution in [3.05, 3.63) is 56.4 Å². The smallest absolute Gasteiger partial charge is 0.405 e. The molecule has 0 aliphatic carbocycles. The maximum absolute atomic E-state index is 13.2. The summed E-state index contributed by atoms with van der Waals surface area (Å²) in [7, 11) is 1.51. The minimum absolute atomic E-state index is 0.0817. The molecule has 1 aliphatic rings. The van der Waals surface area contributed by atoms with E-state index in [0.29, 0.717) is 27.2 Å². The van der Waals surface area contributed by atoms with Crippen molar-refractivity contribution in [2.45, 2.75) is 52.1 Å². The number of benzene rings is 1. The summed E-state index contributed by atoms with van der Waals surface area (Å²) < 4.78 is 43.9. The third-order valence-electron chi connectivity index (χ3n) is 5.56. The molecular formula is C22H22F3N3O3S. The second-order valence-corrected chi connectivity index (χ2v) is 8.85. The predicted octanol–water partition coefficient (Wildman–Crippen LogP) is 4.66. The first-order valence-corrected chi connectivity index (χ1v) is 11.1. The largest absolute Gasteiger partial charge is 0.573 e. The standard InChI is InChI=1S/C22H22F3N3O3S/c1-13-17-19(26-16-10-4-3-7-11-28(16)20(17)29)32-18(13)21(30)27(2)12-14-8-5-6-9-15(14)31-22(23,24)25/h5-6,8-9H,3-4,7,10-12H2,1-2H3. The third kappa shape index (κ3) is 4.36. The number of thiophene rings is 1. The van der Waals surface area contributed by atoms with Crippen molar-refractivity contribution in [3.8, 4) is 5.75 Å². The number of ether oxygens (including phenoxy) is 1. The molecule has 3 heterocycles. The first-order valence-electron chi connectivity index (χ1n) is 10.3. The van der Waals surface area contributed by atoms with Gasteiger partial charge in [0.1, 0.15) is 16.4 Å². The SMILES string of the molecule is Cc1c(C(=O)N(C)Cc2ccccc2OC(F)(F)F)sc2nc3n(c(=O)c12)CCCCC3. The van der Waals surface area contributed by atoms with Crippen LogP contribution in [0.4, 0.5) is 13.2 Å². The van der Waals surface area contributed by atoms with Crippen molar-refractivity contribution in [1.82, 2.24) is 14.5 Å². The van der Waals surface area contributed by atoms with Crippen LogP contribution < -0.4 is 10.3 Å². The quantitative estimate of drug-likeness (QED) is 0.562. The van der Waals surface area contributed by atoms with Gasteiger partial charge in [-0.2, -0.15) is 0 Å². The maximum atomic E-state index is 13.2. The molecule has 170 valence electrons. The molecule has 0 atom stereocenters. The number of fused-ring (bicyclic) bond motifs is 2. The summed E-state index contributed by atoms with van der Waals surface area (Å²) in [5.74, 6) is 0.00935. The van der Waals surface area contributed by atoms with E-state index in [2.05, 4.69) is 9.72 Å². The van der Waals surface area contributed by atoms with E-state index in [1.807, 2.05) is 0 Å². The van der Waals surface area contributed by atoms with Gasteiger partial charge in [-0.25, -0.2) is 4.98 Å². The Kier molecular flexibility index (Phi) is 5.98. The van der Waals surface area contributed by atoms with Gasteiger partial charge in [0, 0.05) is 32.1 Å². The second kappa shape index (κ2) is 8.57. The number of hydrogen-bond donors (Lipinski definition) is 0. The maximum Gasteiger partial charge on any atom is 0.573 e. The first-order chi connectivity index (χ1) is 15.2. The fraction of sp³-hybridized carbons (Fsp3) is 0.409. The highest BCUT2D eigenvalue weighted by molar-refractivity contribution is 7.20. The Balaban J connectivity index is 1.65. The highest BCUT2D eigenvalue weighted by Gasteiger charge is 2.32. The number of alkyl halides is 3. The van der Waals surface area contributed by atoms with Crippen LogP contribution in [0.3, 0.4) is 0 Å². The molecule has 0 unspecified atom stereocenters. The average molecular weight is 465 g/mol. The van der Waals surface area contributed by atoms with Crippen molar-refractivity contribution in [2.24, 2.45) is 0 Å². The molecule has 0 saturated heterocycles. The van der Waals surface area contributed by atoms with Crippen molar-refractivity contribution >= 4 is 27.5 Å². The summed E-state index contributed by atoms with van der Waals surface area (Å²) in [5, 5.41) is 0.443. The number of nitrogens with zero attached hydrogens (tertiary/aromatic N) is 3. The molecule has 1 aliphatic heterocycles. The summed E-state index contributed by atoms with van der Waals surface area (Å²) in [6.07, 6.45) is -1.18. The fourth-order valence-electron chi connectivity index (χ4n) is 3.97. The Morgan fingerprint density at radius 1 is 1.25 bits per heavy atom. The van der Waals surface area contributed by atoms with E-state index in [-0.39, 0.29) is 29.3 Å². The summed E-state index contributed by atoms with van der Waals surface area (Å²) in [6, 6.07) is 5.71. The molecule has 3 aromatic rings. The molecule has 6 nitrogen and oxygen atoms in total. The van der Waals surface area contributed by atoms with Crippen LogP contribution in [0.5, 0.6) is 5.75 Å². The lowest BCUT2D eigenvalue weighted by Gasteiger charge is -2.19. The van der Waals surface area contributed by atoms with Crippen LogP contribution in [0.1, 0.15) is 45.9 Å². The molecule has 0 N–H and O–H groups in total. The van der Waals surface area contributed by atoms with E-state index in [4.69, 9.17) is 0 Å².